The number of ether oxygens (including phenoxy) is 1. The molecular formula is C12H15FO2. The fourth-order valence-electron chi connectivity index (χ4n) is 1.51. The lowest BCUT2D eigenvalue weighted by Gasteiger charge is -2.17. The lowest BCUT2D eigenvalue weighted by Crippen LogP contribution is -2.20. The molecule has 0 saturated heterocycles. The van der Waals surface area contributed by atoms with Gasteiger partial charge in [0.15, 0.2) is 0 Å². The van der Waals surface area contributed by atoms with Crippen LogP contribution in [-0.2, 0) is 9.53 Å². The number of rotatable bonds is 4. The Balaban J connectivity index is 2.82. The molecule has 1 rings (SSSR count). The minimum absolute atomic E-state index is 0.433. The van der Waals surface area contributed by atoms with Crippen LogP contribution in [0.5, 0.6) is 0 Å². The van der Waals surface area contributed by atoms with Crippen LogP contribution in [0.1, 0.15) is 25.1 Å². The van der Waals surface area contributed by atoms with Gasteiger partial charge in [-0.2, -0.15) is 0 Å². The van der Waals surface area contributed by atoms with Crippen LogP contribution in [0.4, 0.5) is 4.39 Å². The largest absolute Gasteiger partial charge is 0.469 e. The maximum atomic E-state index is 13.9. The molecule has 0 amide bonds. The van der Waals surface area contributed by atoms with Gasteiger partial charge >= 0.3 is 5.97 Å². The Kier molecular flexibility index (Phi) is 4.28. The normalized spacial score (nSPS) is 14.3. The summed E-state index contributed by atoms with van der Waals surface area (Å²) < 4.78 is 18.5. The Morgan fingerprint density at radius 1 is 1.40 bits per heavy atom. The lowest BCUT2D eigenvalue weighted by atomic mass is 9.95. The van der Waals surface area contributed by atoms with Crippen LogP contribution in [0.2, 0.25) is 0 Å². The molecule has 0 N–H and O–H groups in total. The summed E-state index contributed by atoms with van der Waals surface area (Å²) in [6, 6.07) is 8.68. The first-order valence-corrected chi connectivity index (χ1v) is 4.97. The third kappa shape index (κ3) is 2.78. The molecule has 1 aromatic carbocycles. The number of alkyl halides is 1. The Morgan fingerprint density at radius 2 is 2.00 bits per heavy atom. The van der Waals surface area contributed by atoms with Crippen LogP contribution in [0, 0.1) is 5.92 Å². The van der Waals surface area contributed by atoms with Crippen LogP contribution in [0.15, 0.2) is 30.3 Å². The first-order valence-electron chi connectivity index (χ1n) is 4.97. The quantitative estimate of drug-likeness (QED) is 0.714. The molecule has 0 bridgehead atoms. The summed E-state index contributed by atoms with van der Waals surface area (Å²) in [6.07, 6.45) is -0.855. The molecular weight excluding hydrogens is 195 g/mol. The first kappa shape index (κ1) is 11.7. The van der Waals surface area contributed by atoms with Gasteiger partial charge < -0.3 is 4.74 Å². The number of halogens is 1. The molecule has 3 heteroatoms. The van der Waals surface area contributed by atoms with Crippen LogP contribution in [-0.4, -0.2) is 13.1 Å². The Bertz CT molecular complexity index is 311. The minimum atomic E-state index is -1.29. The SMILES string of the molecule is CC[C@@H](C(=O)OC)[C@H](F)c1ccccc1. The van der Waals surface area contributed by atoms with Crippen LogP contribution in [0.25, 0.3) is 0 Å². The van der Waals surface area contributed by atoms with Gasteiger partial charge in [-0.3, -0.25) is 4.79 Å². The number of methoxy groups -OCH3 is 1. The number of esters is 1. The zero-order valence-electron chi connectivity index (χ0n) is 8.94. The van der Waals surface area contributed by atoms with E-state index in [0.29, 0.717) is 12.0 Å². The van der Waals surface area contributed by atoms with E-state index in [1.807, 2.05) is 6.07 Å². The summed E-state index contributed by atoms with van der Waals surface area (Å²) in [6.45, 7) is 1.77. The molecule has 0 radical (unpaired) electrons. The van der Waals surface area contributed by atoms with Gasteiger partial charge in [0.05, 0.1) is 13.0 Å². The van der Waals surface area contributed by atoms with Crippen LogP contribution >= 0.6 is 0 Å². The molecule has 0 aliphatic heterocycles. The summed E-state index contributed by atoms with van der Waals surface area (Å²) >= 11 is 0. The molecule has 0 aromatic heterocycles. The highest BCUT2D eigenvalue weighted by molar-refractivity contribution is 5.73. The van der Waals surface area contributed by atoms with Crippen molar-refractivity contribution in [1.29, 1.82) is 0 Å². The van der Waals surface area contributed by atoms with E-state index >= 15 is 0 Å². The zero-order valence-corrected chi connectivity index (χ0v) is 8.94. The van der Waals surface area contributed by atoms with Crippen molar-refractivity contribution in [1.82, 2.24) is 0 Å². The van der Waals surface area contributed by atoms with Crippen molar-refractivity contribution >= 4 is 5.97 Å². The number of carbonyl (C=O) groups is 1. The fourth-order valence-corrected chi connectivity index (χ4v) is 1.51. The van der Waals surface area contributed by atoms with Gasteiger partial charge in [-0.25, -0.2) is 4.39 Å². The van der Waals surface area contributed by atoms with Crippen molar-refractivity contribution in [3.8, 4) is 0 Å². The highest BCUT2D eigenvalue weighted by Crippen LogP contribution is 2.29. The van der Waals surface area contributed by atoms with Crippen molar-refractivity contribution in [3.63, 3.8) is 0 Å². The van der Waals surface area contributed by atoms with Crippen LogP contribution < -0.4 is 0 Å². The lowest BCUT2D eigenvalue weighted by molar-refractivity contribution is -0.148. The Hall–Kier alpha value is -1.38. The van der Waals surface area contributed by atoms with Crippen molar-refractivity contribution in [2.45, 2.75) is 19.5 Å². The number of carbonyl (C=O) groups excluding carboxylic acids is 1. The van der Waals surface area contributed by atoms with E-state index in [9.17, 15) is 9.18 Å². The molecule has 0 unspecified atom stereocenters. The summed E-state index contributed by atoms with van der Waals surface area (Å²) in [5, 5.41) is 0. The maximum Gasteiger partial charge on any atom is 0.311 e. The molecule has 2 atom stereocenters. The fraction of sp³-hybridized carbons (Fsp3) is 0.417. The van der Waals surface area contributed by atoms with E-state index in [4.69, 9.17) is 0 Å². The second kappa shape index (κ2) is 5.49. The highest BCUT2D eigenvalue weighted by atomic mass is 19.1. The molecule has 82 valence electrons. The monoisotopic (exact) mass is 210 g/mol. The number of hydrogen-bond donors (Lipinski definition) is 0. The van der Waals surface area contributed by atoms with Crippen molar-refractivity contribution in [3.05, 3.63) is 35.9 Å². The maximum absolute atomic E-state index is 13.9. The smallest absolute Gasteiger partial charge is 0.311 e. The average Bonchev–Trinajstić information content (AvgIpc) is 2.30. The van der Waals surface area contributed by atoms with Crippen LogP contribution in [0.3, 0.4) is 0 Å². The predicted octanol–water partition coefficient (Wildman–Crippen LogP) is 2.90. The van der Waals surface area contributed by atoms with Gasteiger partial charge in [-0.1, -0.05) is 37.3 Å². The van der Waals surface area contributed by atoms with E-state index in [1.165, 1.54) is 7.11 Å². The highest BCUT2D eigenvalue weighted by Gasteiger charge is 2.28. The molecule has 0 saturated carbocycles. The molecule has 0 aliphatic carbocycles. The first-order chi connectivity index (χ1) is 7.20. The summed E-state index contributed by atoms with van der Waals surface area (Å²) in [5.74, 6) is -1.20. The number of benzene rings is 1. The molecule has 15 heavy (non-hydrogen) atoms. The second-order valence-electron chi connectivity index (χ2n) is 3.35. The third-order valence-electron chi connectivity index (χ3n) is 2.42. The predicted molar refractivity (Wildman–Crippen MR) is 56.1 cm³/mol. The summed E-state index contributed by atoms with van der Waals surface area (Å²) in [7, 11) is 1.28. The molecule has 0 fully saturated rings. The summed E-state index contributed by atoms with van der Waals surface area (Å²) in [4.78, 5) is 11.3. The van der Waals surface area contributed by atoms with Gasteiger partial charge in [-0.05, 0) is 12.0 Å². The minimum Gasteiger partial charge on any atom is -0.469 e. The molecule has 0 aliphatic rings. The van der Waals surface area contributed by atoms with Crippen molar-refractivity contribution in [2.75, 3.05) is 7.11 Å². The Morgan fingerprint density at radius 3 is 2.47 bits per heavy atom. The Labute approximate surface area is 89.1 Å². The van der Waals surface area contributed by atoms with E-state index in [1.54, 1.807) is 31.2 Å². The van der Waals surface area contributed by atoms with Gasteiger partial charge in [0, 0.05) is 0 Å². The van der Waals surface area contributed by atoms with E-state index < -0.39 is 18.1 Å². The third-order valence-corrected chi connectivity index (χ3v) is 2.42. The van der Waals surface area contributed by atoms with E-state index in [0.717, 1.165) is 0 Å². The second-order valence-corrected chi connectivity index (χ2v) is 3.35. The molecule has 2 nitrogen and oxygen atoms in total. The van der Waals surface area contributed by atoms with Gasteiger partial charge in [0.25, 0.3) is 0 Å². The average molecular weight is 210 g/mol. The van der Waals surface area contributed by atoms with Crippen molar-refractivity contribution in [2.24, 2.45) is 5.92 Å². The zero-order chi connectivity index (χ0) is 11.3. The van der Waals surface area contributed by atoms with E-state index in [2.05, 4.69) is 4.74 Å². The van der Waals surface area contributed by atoms with Gasteiger partial charge in [-0.15, -0.1) is 0 Å². The molecule has 1 aromatic rings. The van der Waals surface area contributed by atoms with Crippen molar-refractivity contribution < 1.29 is 13.9 Å². The summed E-state index contributed by atoms with van der Waals surface area (Å²) in [5.41, 5.74) is 0.523. The topological polar surface area (TPSA) is 26.3 Å². The van der Waals surface area contributed by atoms with Gasteiger partial charge in [0.1, 0.15) is 6.17 Å². The van der Waals surface area contributed by atoms with E-state index in [-0.39, 0.29) is 0 Å². The number of hydrogen-bond acceptors (Lipinski definition) is 2. The standard InChI is InChI=1S/C12H15FO2/c1-3-10(12(14)15-2)11(13)9-7-5-4-6-8-9/h4-8,10-11H,3H2,1-2H3/t10-,11-/m1/s1. The molecule has 0 heterocycles. The van der Waals surface area contributed by atoms with Gasteiger partial charge in [0.2, 0.25) is 0 Å². The molecule has 0 spiro atoms.